The summed E-state index contributed by atoms with van der Waals surface area (Å²) in [4.78, 5) is 2.50. The smallest absolute Gasteiger partial charge is 0.0105 e. The van der Waals surface area contributed by atoms with Gasteiger partial charge in [0.15, 0.2) is 0 Å². The number of hydrogen-bond acceptors (Lipinski definition) is 3. The molecule has 0 spiro atoms. The molecule has 1 heterocycles. The van der Waals surface area contributed by atoms with Crippen LogP contribution in [0.1, 0.15) is 19.3 Å². The minimum atomic E-state index is 0.809. The number of nitrogens with two attached hydrogens (primary N) is 1. The van der Waals surface area contributed by atoms with Gasteiger partial charge in [0.05, 0.1) is 0 Å². The van der Waals surface area contributed by atoms with Gasteiger partial charge in [-0.05, 0) is 38.6 Å². The van der Waals surface area contributed by atoms with Crippen molar-refractivity contribution in [3.8, 4) is 0 Å². The highest BCUT2D eigenvalue weighted by atomic mass is 32.2. The number of thioether (sulfide) groups is 1. The first-order valence-corrected chi connectivity index (χ1v) is 6.11. The Kier molecular flexibility index (Phi) is 5.04. The van der Waals surface area contributed by atoms with Crippen molar-refractivity contribution in [1.29, 1.82) is 0 Å². The summed E-state index contributed by atoms with van der Waals surface area (Å²) < 4.78 is 0. The molecule has 0 amide bonds. The van der Waals surface area contributed by atoms with Crippen molar-refractivity contribution < 1.29 is 0 Å². The lowest BCUT2D eigenvalue weighted by molar-refractivity contribution is 0.293. The second kappa shape index (κ2) is 5.84. The van der Waals surface area contributed by atoms with Gasteiger partial charge in [-0.2, -0.15) is 11.8 Å². The van der Waals surface area contributed by atoms with Crippen molar-refractivity contribution in [3.05, 3.63) is 0 Å². The summed E-state index contributed by atoms with van der Waals surface area (Å²) in [5.41, 5.74) is 5.53. The lowest BCUT2D eigenvalue weighted by atomic mass is 10.2. The van der Waals surface area contributed by atoms with Crippen LogP contribution in [-0.4, -0.2) is 42.6 Å². The SMILES string of the molecule is CSC1CCCN(CCN)CC1. The maximum atomic E-state index is 5.53. The highest BCUT2D eigenvalue weighted by Gasteiger charge is 2.14. The predicted molar refractivity (Wildman–Crippen MR) is 56.6 cm³/mol. The summed E-state index contributed by atoms with van der Waals surface area (Å²) in [5.74, 6) is 0. The van der Waals surface area contributed by atoms with Crippen LogP contribution >= 0.6 is 11.8 Å². The fraction of sp³-hybridized carbons (Fsp3) is 1.00. The second-order valence-corrected chi connectivity index (χ2v) is 4.56. The molecule has 1 fully saturated rings. The van der Waals surface area contributed by atoms with E-state index in [1.54, 1.807) is 0 Å². The maximum absolute atomic E-state index is 5.53. The lowest BCUT2D eigenvalue weighted by Crippen LogP contribution is -2.30. The molecule has 1 unspecified atom stereocenters. The number of hydrogen-bond donors (Lipinski definition) is 1. The van der Waals surface area contributed by atoms with Crippen LogP contribution in [-0.2, 0) is 0 Å². The molecule has 0 saturated carbocycles. The summed E-state index contributed by atoms with van der Waals surface area (Å²) in [6.07, 6.45) is 6.32. The number of rotatable bonds is 3. The molecule has 0 bridgehead atoms. The van der Waals surface area contributed by atoms with E-state index in [1.165, 1.54) is 32.4 Å². The number of likely N-dealkylation sites (tertiary alicyclic amines) is 1. The van der Waals surface area contributed by atoms with Crippen molar-refractivity contribution in [3.63, 3.8) is 0 Å². The molecule has 0 aromatic rings. The van der Waals surface area contributed by atoms with Crippen LogP contribution in [0.2, 0.25) is 0 Å². The molecule has 1 atom stereocenters. The summed E-state index contributed by atoms with van der Waals surface area (Å²) in [7, 11) is 0. The van der Waals surface area contributed by atoms with Gasteiger partial charge >= 0.3 is 0 Å². The van der Waals surface area contributed by atoms with Crippen LogP contribution in [0, 0.1) is 0 Å². The highest BCUT2D eigenvalue weighted by Crippen LogP contribution is 2.20. The minimum absolute atomic E-state index is 0.809. The van der Waals surface area contributed by atoms with E-state index in [0.29, 0.717) is 0 Å². The average molecular weight is 188 g/mol. The third-order valence-electron chi connectivity index (χ3n) is 2.55. The van der Waals surface area contributed by atoms with E-state index in [0.717, 1.165) is 18.3 Å². The summed E-state index contributed by atoms with van der Waals surface area (Å²) in [5, 5.41) is 0.896. The zero-order valence-electron chi connectivity index (χ0n) is 7.96. The van der Waals surface area contributed by atoms with E-state index in [9.17, 15) is 0 Å². The first kappa shape index (κ1) is 10.4. The van der Waals surface area contributed by atoms with E-state index in [2.05, 4.69) is 11.2 Å². The van der Waals surface area contributed by atoms with Crippen LogP contribution in [0.15, 0.2) is 0 Å². The van der Waals surface area contributed by atoms with E-state index in [4.69, 9.17) is 5.73 Å². The molecule has 72 valence electrons. The summed E-state index contributed by atoms with van der Waals surface area (Å²) in [6.45, 7) is 4.40. The van der Waals surface area contributed by atoms with Gasteiger partial charge in [-0.1, -0.05) is 0 Å². The summed E-state index contributed by atoms with van der Waals surface area (Å²) >= 11 is 2.02. The zero-order chi connectivity index (χ0) is 8.81. The Hall–Kier alpha value is 0.270. The van der Waals surface area contributed by atoms with Gasteiger partial charge in [-0.15, -0.1) is 0 Å². The van der Waals surface area contributed by atoms with E-state index < -0.39 is 0 Å². The molecule has 0 aromatic carbocycles. The Bertz CT molecular complexity index is 119. The Morgan fingerprint density at radius 1 is 1.42 bits per heavy atom. The number of nitrogens with zero attached hydrogens (tertiary/aromatic N) is 1. The van der Waals surface area contributed by atoms with Crippen LogP contribution in [0.3, 0.4) is 0 Å². The fourth-order valence-corrected chi connectivity index (χ4v) is 2.51. The van der Waals surface area contributed by atoms with E-state index in [1.807, 2.05) is 11.8 Å². The van der Waals surface area contributed by atoms with Gasteiger partial charge in [-0.25, -0.2) is 0 Å². The molecule has 2 N–H and O–H groups in total. The lowest BCUT2D eigenvalue weighted by Gasteiger charge is -2.18. The van der Waals surface area contributed by atoms with Crippen molar-refractivity contribution >= 4 is 11.8 Å². The Labute approximate surface area is 79.9 Å². The Balaban J connectivity index is 2.24. The molecular formula is C9H20N2S. The average Bonchev–Trinajstić information content (AvgIpc) is 2.31. The van der Waals surface area contributed by atoms with Crippen molar-refractivity contribution in [2.45, 2.75) is 24.5 Å². The van der Waals surface area contributed by atoms with Gasteiger partial charge in [0.2, 0.25) is 0 Å². The molecule has 1 aliphatic rings. The van der Waals surface area contributed by atoms with Crippen LogP contribution in [0.25, 0.3) is 0 Å². The molecule has 0 radical (unpaired) electrons. The Morgan fingerprint density at radius 2 is 2.25 bits per heavy atom. The normalized spacial score (nSPS) is 27.0. The highest BCUT2D eigenvalue weighted by molar-refractivity contribution is 7.99. The monoisotopic (exact) mass is 188 g/mol. The quantitative estimate of drug-likeness (QED) is 0.721. The fourth-order valence-electron chi connectivity index (χ4n) is 1.77. The van der Waals surface area contributed by atoms with Crippen LogP contribution in [0.5, 0.6) is 0 Å². The first-order chi connectivity index (χ1) is 5.86. The predicted octanol–water partition coefficient (Wildman–Crippen LogP) is 1.16. The van der Waals surface area contributed by atoms with Gasteiger partial charge in [0.25, 0.3) is 0 Å². The van der Waals surface area contributed by atoms with Crippen molar-refractivity contribution in [2.75, 3.05) is 32.4 Å². The molecule has 2 nitrogen and oxygen atoms in total. The summed E-state index contributed by atoms with van der Waals surface area (Å²) in [6, 6.07) is 0. The van der Waals surface area contributed by atoms with Gasteiger partial charge in [-0.3, -0.25) is 0 Å². The topological polar surface area (TPSA) is 29.3 Å². The van der Waals surface area contributed by atoms with Crippen molar-refractivity contribution in [2.24, 2.45) is 5.73 Å². The first-order valence-electron chi connectivity index (χ1n) is 4.82. The Morgan fingerprint density at radius 3 is 2.92 bits per heavy atom. The van der Waals surface area contributed by atoms with E-state index in [-0.39, 0.29) is 0 Å². The molecule has 1 saturated heterocycles. The molecule has 1 rings (SSSR count). The van der Waals surface area contributed by atoms with Gasteiger partial charge < -0.3 is 10.6 Å². The van der Waals surface area contributed by atoms with Gasteiger partial charge in [0.1, 0.15) is 0 Å². The standard InChI is InChI=1S/C9H20N2S/c1-12-9-3-2-6-11(7-4-9)8-5-10/h9H,2-8,10H2,1H3. The van der Waals surface area contributed by atoms with Gasteiger partial charge in [0, 0.05) is 18.3 Å². The molecule has 3 heteroatoms. The molecule has 0 aromatic heterocycles. The molecule has 12 heavy (non-hydrogen) atoms. The molecular weight excluding hydrogens is 168 g/mol. The zero-order valence-corrected chi connectivity index (χ0v) is 8.78. The molecule has 1 aliphatic heterocycles. The van der Waals surface area contributed by atoms with E-state index >= 15 is 0 Å². The second-order valence-electron chi connectivity index (χ2n) is 3.42. The molecule has 0 aliphatic carbocycles. The third kappa shape index (κ3) is 3.33. The maximum Gasteiger partial charge on any atom is 0.0105 e. The van der Waals surface area contributed by atoms with Crippen molar-refractivity contribution in [1.82, 2.24) is 4.90 Å². The third-order valence-corrected chi connectivity index (χ3v) is 3.68. The largest absolute Gasteiger partial charge is 0.329 e. The van der Waals surface area contributed by atoms with Crippen LogP contribution in [0.4, 0.5) is 0 Å². The van der Waals surface area contributed by atoms with Crippen LogP contribution < -0.4 is 5.73 Å². The minimum Gasteiger partial charge on any atom is -0.329 e.